The van der Waals surface area contributed by atoms with E-state index in [4.69, 9.17) is 4.74 Å². The highest BCUT2D eigenvalue weighted by Crippen LogP contribution is 2.35. The Kier molecular flexibility index (Phi) is 4.73. The zero-order valence-electron chi connectivity index (χ0n) is 15.3. The molecule has 7 heteroatoms. The molecule has 0 bridgehead atoms. The largest absolute Gasteiger partial charge is 0.487 e. The number of nitrogens with zero attached hydrogens (tertiary/aromatic N) is 2. The molecule has 140 valence electrons. The van der Waals surface area contributed by atoms with Crippen molar-refractivity contribution in [2.75, 3.05) is 5.32 Å². The Morgan fingerprint density at radius 2 is 2.12 bits per heavy atom. The van der Waals surface area contributed by atoms with Crippen LogP contribution >= 0.6 is 0 Å². The number of carbonyl (C=O) groups is 1. The Morgan fingerprint density at radius 3 is 2.77 bits per heavy atom. The molecule has 0 saturated heterocycles. The van der Waals surface area contributed by atoms with Gasteiger partial charge in [-0.1, -0.05) is 19.9 Å². The summed E-state index contributed by atoms with van der Waals surface area (Å²) >= 11 is 0. The number of aromatic nitrogens is 2. The van der Waals surface area contributed by atoms with Crippen molar-refractivity contribution in [3.63, 3.8) is 0 Å². The molecular weight excluding hydrogens is 340 g/mol. The summed E-state index contributed by atoms with van der Waals surface area (Å²) in [6, 6.07) is 5.18. The van der Waals surface area contributed by atoms with Crippen molar-refractivity contribution in [3.05, 3.63) is 41.2 Å². The molecular formula is C19H23F2N3O2. The third-order valence-electron chi connectivity index (χ3n) is 4.21. The fourth-order valence-electron chi connectivity index (χ4n) is 3.14. The van der Waals surface area contributed by atoms with Gasteiger partial charge in [0, 0.05) is 18.5 Å². The van der Waals surface area contributed by atoms with Gasteiger partial charge in [-0.05, 0) is 37.5 Å². The number of amides is 1. The molecule has 1 aliphatic heterocycles. The minimum Gasteiger partial charge on any atom is -0.487 e. The Labute approximate surface area is 151 Å². The molecule has 1 aromatic heterocycles. The highest BCUT2D eigenvalue weighted by atomic mass is 19.3. The number of hydrogen-bond acceptors (Lipinski definition) is 3. The van der Waals surface area contributed by atoms with Gasteiger partial charge < -0.3 is 10.1 Å². The Morgan fingerprint density at radius 1 is 1.38 bits per heavy atom. The van der Waals surface area contributed by atoms with E-state index in [9.17, 15) is 13.6 Å². The van der Waals surface area contributed by atoms with E-state index >= 15 is 0 Å². The number of benzene rings is 1. The minimum atomic E-state index is -2.73. The molecule has 3 rings (SSSR count). The molecule has 0 aliphatic carbocycles. The summed E-state index contributed by atoms with van der Waals surface area (Å²) in [5.74, 6) is 0.354. The van der Waals surface area contributed by atoms with Gasteiger partial charge in [-0.15, -0.1) is 0 Å². The molecule has 0 spiro atoms. The standard InChI is InChI=1S/C19H23F2N3O2/c1-11(2)10-24-16(17(20)21)14(9-22-24)23-18(25)12-5-6-13-8-19(3,4)26-15(13)7-12/h5-7,9,11,17H,8,10H2,1-4H3,(H,23,25). The zero-order valence-corrected chi connectivity index (χ0v) is 15.3. The fraction of sp³-hybridized carbons (Fsp3) is 0.474. The Bertz CT molecular complexity index is 828. The fourth-order valence-corrected chi connectivity index (χ4v) is 3.14. The van der Waals surface area contributed by atoms with Crippen LogP contribution in [0.25, 0.3) is 0 Å². The first kappa shape index (κ1) is 18.4. The predicted octanol–water partition coefficient (Wildman–Crippen LogP) is 4.44. The van der Waals surface area contributed by atoms with Crippen LogP contribution in [0.3, 0.4) is 0 Å². The summed E-state index contributed by atoms with van der Waals surface area (Å²) in [4.78, 5) is 12.5. The lowest BCUT2D eigenvalue weighted by atomic mass is 10.0. The molecule has 2 aromatic rings. The Hall–Kier alpha value is -2.44. The van der Waals surface area contributed by atoms with Crippen molar-refractivity contribution in [1.82, 2.24) is 9.78 Å². The summed E-state index contributed by atoms with van der Waals surface area (Å²) in [6.07, 6.45) is -0.688. The van der Waals surface area contributed by atoms with Crippen molar-refractivity contribution >= 4 is 11.6 Å². The number of alkyl halides is 2. The van der Waals surface area contributed by atoms with Gasteiger partial charge in [0.15, 0.2) is 0 Å². The second-order valence-electron chi connectivity index (χ2n) is 7.64. The van der Waals surface area contributed by atoms with E-state index in [0.29, 0.717) is 17.9 Å². The summed E-state index contributed by atoms with van der Waals surface area (Å²) in [5.41, 5.74) is 0.846. The van der Waals surface area contributed by atoms with Crippen LogP contribution in [0.1, 0.15) is 55.7 Å². The minimum absolute atomic E-state index is 0.0346. The average molecular weight is 363 g/mol. The van der Waals surface area contributed by atoms with Crippen molar-refractivity contribution in [1.29, 1.82) is 0 Å². The van der Waals surface area contributed by atoms with E-state index in [1.807, 2.05) is 33.8 Å². The maximum atomic E-state index is 13.5. The maximum absolute atomic E-state index is 13.5. The lowest BCUT2D eigenvalue weighted by Crippen LogP contribution is -2.24. The average Bonchev–Trinajstić information content (AvgIpc) is 3.04. The number of anilines is 1. The van der Waals surface area contributed by atoms with Gasteiger partial charge in [0.05, 0.1) is 11.9 Å². The summed E-state index contributed by atoms with van der Waals surface area (Å²) in [7, 11) is 0. The highest BCUT2D eigenvalue weighted by Gasteiger charge is 2.30. The van der Waals surface area contributed by atoms with Crippen LogP contribution in [0.15, 0.2) is 24.4 Å². The van der Waals surface area contributed by atoms with Crippen LogP contribution in [0.5, 0.6) is 5.75 Å². The molecule has 0 fully saturated rings. The van der Waals surface area contributed by atoms with Crippen LogP contribution < -0.4 is 10.1 Å². The molecule has 0 radical (unpaired) electrons. The van der Waals surface area contributed by atoms with Gasteiger partial charge in [-0.25, -0.2) is 8.78 Å². The lowest BCUT2D eigenvalue weighted by Gasteiger charge is -2.16. The van der Waals surface area contributed by atoms with Gasteiger partial charge in [-0.2, -0.15) is 5.10 Å². The topological polar surface area (TPSA) is 56.2 Å². The van der Waals surface area contributed by atoms with Crippen LogP contribution in [0.4, 0.5) is 14.5 Å². The molecule has 1 N–H and O–H groups in total. The number of nitrogens with one attached hydrogen (secondary N) is 1. The lowest BCUT2D eigenvalue weighted by molar-refractivity contribution is 0.102. The second kappa shape index (κ2) is 6.70. The number of hydrogen-bond donors (Lipinski definition) is 1. The first-order valence-corrected chi connectivity index (χ1v) is 8.63. The highest BCUT2D eigenvalue weighted by molar-refractivity contribution is 6.04. The molecule has 1 aliphatic rings. The Balaban J connectivity index is 1.82. The van der Waals surface area contributed by atoms with Gasteiger partial charge >= 0.3 is 0 Å². The van der Waals surface area contributed by atoms with Crippen LogP contribution in [-0.2, 0) is 13.0 Å². The summed E-state index contributed by atoms with van der Waals surface area (Å²) in [5, 5.41) is 6.55. The molecule has 0 unspecified atom stereocenters. The molecule has 26 heavy (non-hydrogen) atoms. The quantitative estimate of drug-likeness (QED) is 0.854. The van der Waals surface area contributed by atoms with E-state index in [-0.39, 0.29) is 22.9 Å². The molecule has 1 aromatic carbocycles. The summed E-state index contributed by atoms with van der Waals surface area (Å²) < 4.78 is 34.0. The van der Waals surface area contributed by atoms with E-state index in [2.05, 4.69) is 10.4 Å². The third-order valence-corrected chi connectivity index (χ3v) is 4.21. The second-order valence-corrected chi connectivity index (χ2v) is 7.64. The van der Waals surface area contributed by atoms with Gasteiger partial charge in [0.1, 0.15) is 17.0 Å². The van der Waals surface area contributed by atoms with Gasteiger partial charge in [-0.3, -0.25) is 9.48 Å². The molecule has 0 atom stereocenters. The van der Waals surface area contributed by atoms with Crippen molar-refractivity contribution in [2.45, 2.75) is 52.7 Å². The van der Waals surface area contributed by atoms with Crippen molar-refractivity contribution in [2.24, 2.45) is 5.92 Å². The number of carbonyl (C=O) groups excluding carboxylic acids is 1. The molecule has 1 amide bonds. The first-order valence-electron chi connectivity index (χ1n) is 8.63. The number of ether oxygens (including phenoxy) is 1. The number of rotatable bonds is 5. The van der Waals surface area contributed by atoms with E-state index in [1.165, 1.54) is 10.9 Å². The van der Waals surface area contributed by atoms with Crippen molar-refractivity contribution < 1.29 is 18.3 Å². The van der Waals surface area contributed by atoms with Gasteiger partial charge in [0.2, 0.25) is 0 Å². The maximum Gasteiger partial charge on any atom is 0.282 e. The molecule has 0 saturated carbocycles. The smallest absolute Gasteiger partial charge is 0.282 e. The SMILES string of the molecule is CC(C)Cn1ncc(NC(=O)c2ccc3c(c2)OC(C)(C)C3)c1C(F)F. The van der Waals surface area contributed by atoms with E-state index in [1.54, 1.807) is 12.1 Å². The van der Waals surface area contributed by atoms with E-state index in [0.717, 1.165) is 12.0 Å². The molecule has 5 nitrogen and oxygen atoms in total. The normalized spacial score (nSPS) is 15.2. The molecule has 2 heterocycles. The zero-order chi connectivity index (χ0) is 19.1. The predicted molar refractivity (Wildman–Crippen MR) is 94.8 cm³/mol. The van der Waals surface area contributed by atoms with E-state index < -0.39 is 12.3 Å². The van der Waals surface area contributed by atoms with Crippen LogP contribution in [0.2, 0.25) is 0 Å². The van der Waals surface area contributed by atoms with Crippen molar-refractivity contribution in [3.8, 4) is 5.75 Å². The van der Waals surface area contributed by atoms with Crippen LogP contribution in [0, 0.1) is 5.92 Å². The number of halogens is 2. The number of fused-ring (bicyclic) bond motifs is 1. The van der Waals surface area contributed by atoms with Crippen LogP contribution in [-0.4, -0.2) is 21.3 Å². The monoisotopic (exact) mass is 363 g/mol. The summed E-state index contributed by atoms with van der Waals surface area (Å²) in [6.45, 7) is 8.15. The third kappa shape index (κ3) is 3.71. The van der Waals surface area contributed by atoms with Gasteiger partial charge in [0.25, 0.3) is 12.3 Å². The first-order chi connectivity index (χ1) is 12.2.